The molecule has 0 fully saturated rings. The minimum absolute atomic E-state index is 0.179. The van der Waals surface area contributed by atoms with E-state index in [2.05, 4.69) is 15.2 Å². The lowest BCUT2D eigenvalue weighted by Crippen LogP contribution is -2.34. The summed E-state index contributed by atoms with van der Waals surface area (Å²) in [4.78, 5) is 34.4. The van der Waals surface area contributed by atoms with E-state index in [4.69, 9.17) is 0 Å². The van der Waals surface area contributed by atoms with Crippen LogP contribution in [0.2, 0.25) is 0 Å². The number of rotatable bonds is 3. The Morgan fingerprint density at radius 2 is 2.10 bits per heavy atom. The van der Waals surface area contributed by atoms with Gasteiger partial charge in [-0.25, -0.2) is 4.79 Å². The van der Waals surface area contributed by atoms with Gasteiger partial charge in [-0.1, -0.05) is 12.1 Å². The number of nitrogens with zero attached hydrogens (tertiary/aromatic N) is 2. The number of nitrogens with one attached hydrogen (secondary N) is 1. The van der Waals surface area contributed by atoms with Gasteiger partial charge in [0.25, 0.3) is 5.91 Å². The van der Waals surface area contributed by atoms with Crippen LogP contribution in [0.5, 0.6) is 0 Å². The predicted molar refractivity (Wildman–Crippen MR) is 71.2 cm³/mol. The van der Waals surface area contributed by atoms with E-state index >= 15 is 0 Å². The zero-order chi connectivity index (χ0) is 14.5. The highest BCUT2D eigenvalue weighted by Crippen LogP contribution is 2.07. The van der Waals surface area contributed by atoms with E-state index in [9.17, 15) is 14.4 Å². The first-order chi connectivity index (χ1) is 9.61. The third-order valence-electron chi connectivity index (χ3n) is 2.57. The number of aromatic nitrogens is 2. The van der Waals surface area contributed by atoms with E-state index in [1.807, 2.05) is 0 Å². The maximum atomic E-state index is 11.7. The van der Waals surface area contributed by atoms with Crippen LogP contribution in [0.1, 0.15) is 6.92 Å². The van der Waals surface area contributed by atoms with Gasteiger partial charge in [0.05, 0.1) is 18.3 Å². The maximum absolute atomic E-state index is 11.7. The van der Waals surface area contributed by atoms with Gasteiger partial charge in [-0.15, -0.1) is 0 Å². The van der Waals surface area contributed by atoms with Gasteiger partial charge in [0, 0.05) is 5.39 Å². The number of carbonyl (C=O) groups is 2. The van der Waals surface area contributed by atoms with Crippen LogP contribution < -0.4 is 10.7 Å². The molecule has 1 aromatic carbocycles. The summed E-state index contributed by atoms with van der Waals surface area (Å²) in [5.74, 6) is -0.565. The topological polar surface area (TPSA) is 90.3 Å². The molecule has 1 aromatic heterocycles. The van der Waals surface area contributed by atoms with Crippen LogP contribution in [0.4, 0.5) is 4.79 Å². The molecule has 20 heavy (non-hydrogen) atoms. The molecule has 0 unspecified atom stereocenters. The molecule has 1 heterocycles. The third kappa shape index (κ3) is 3.00. The number of alkyl carbamates (subject to hydrolysis) is 1. The van der Waals surface area contributed by atoms with Crippen molar-refractivity contribution in [3.05, 3.63) is 40.7 Å². The average Bonchev–Trinajstić information content (AvgIpc) is 2.42. The summed E-state index contributed by atoms with van der Waals surface area (Å²) in [5, 5.41) is 6.42. The Morgan fingerprint density at radius 3 is 2.85 bits per heavy atom. The number of hydrogen-bond donors (Lipinski definition) is 1. The summed E-state index contributed by atoms with van der Waals surface area (Å²) in [5.41, 5.74) is 0.307. The Bertz CT molecular complexity index is 708. The van der Waals surface area contributed by atoms with Crippen molar-refractivity contribution in [2.24, 2.45) is 0 Å². The fourth-order valence-electron chi connectivity index (χ4n) is 1.74. The predicted octanol–water partition coefficient (Wildman–Crippen LogP) is 0.669. The molecule has 2 aromatic rings. The minimum Gasteiger partial charge on any atom is -0.450 e. The minimum atomic E-state index is -0.803. The first-order valence-corrected chi connectivity index (χ1v) is 6.03. The van der Waals surface area contributed by atoms with E-state index in [0.29, 0.717) is 10.9 Å². The van der Waals surface area contributed by atoms with Crippen LogP contribution in [-0.4, -0.2) is 28.4 Å². The van der Waals surface area contributed by atoms with E-state index < -0.39 is 12.0 Å². The smallest absolute Gasteiger partial charge is 0.413 e. The van der Waals surface area contributed by atoms with Crippen LogP contribution in [0, 0.1) is 0 Å². The molecule has 0 aliphatic rings. The van der Waals surface area contributed by atoms with Gasteiger partial charge in [-0.3, -0.25) is 19.6 Å². The number of carbonyl (C=O) groups excluding carboxylic acids is 2. The summed E-state index contributed by atoms with van der Waals surface area (Å²) in [6.45, 7) is 1.64. The SMILES string of the molecule is CCOC(=O)NC(=O)Cn1ncc(=O)c2ccccc21. The second-order valence-electron chi connectivity index (χ2n) is 3.95. The van der Waals surface area contributed by atoms with Crippen LogP contribution in [-0.2, 0) is 16.1 Å². The summed E-state index contributed by atoms with van der Waals surface area (Å²) in [7, 11) is 0. The van der Waals surface area contributed by atoms with Crippen molar-refractivity contribution < 1.29 is 14.3 Å². The third-order valence-corrected chi connectivity index (χ3v) is 2.57. The van der Waals surface area contributed by atoms with Crippen LogP contribution in [0.3, 0.4) is 0 Å². The fourth-order valence-corrected chi connectivity index (χ4v) is 1.74. The Kier molecular flexibility index (Phi) is 4.09. The van der Waals surface area contributed by atoms with Crippen molar-refractivity contribution in [1.29, 1.82) is 0 Å². The molecule has 104 valence electrons. The lowest BCUT2D eigenvalue weighted by molar-refractivity contribution is -0.121. The van der Waals surface area contributed by atoms with Gasteiger partial charge in [0.15, 0.2) is 0 Å². The second-order valence-corrected chi connectivity index (χ2v) is 3.95. The first-order valence-electron chi connectivity index (χ1n) is 6.03. The first kappa shape index (κ1) is 13.7. The van der Waals surface area contributed by atoms with Crippen molar-refractivity contribution in [3.63, 3.8) is 0 Å². The summed E-state index contributed by atoms with van der Waals surface area (Å²) >= 11 is 0. The molecule has 0 saturated heterocycles. The molecule has 0 atom stereocenters. The van der Waals surface area contributed by atoms with Crippen molar-refractivity contribution in [3.8, 4) is 0 Å². The molecule has 0 saturated carbocycles. The highest BCUT2D eigenvalue weighted by atomic mass is 16.5. The van der Waals surface area contributed by atoms with Crippen LogP contribution in [0.25, 0.3) is 10.9 Å². The normalized spacial score (nSPS) is 10.2. The number of benzene rings is 1. The zero-order valence-electron chi connectivity index (χ0n) is 10.8. The molecular weight excluding hydrogens is 262 g/mol. The molecule has 7 nitrogen and oxygen atoms in total. The maximum Gasteiger partial charge on any atom is 0.413 e. The van der Waals surface area contributed by atoms with Gasteiger partial charge in [0.2, 0.25) is 5.43 Å². The second kappa shape index (κ2) is 5.96. The van der Waals surface area contributed by atoms with Gasteiger partial charge in [-0.2, -0.15) is 5.10 Å². The number of fused-ring (bicyclic) bond motifs is 1. The average molecular weight is 275 g/mol. The number of hydrogen-bond acceptors (Lipinski definition) is 5. The van der Waals surface area contributed by atoms with Crippen molar-refractivity contribution >= 4 is 22.9 Å². The Labute approximate surface area is 114 Å². The summed E-state index contributed by atoms with van der Waals surface area (Å²) in [6, 6.07) is 6.80. The van der Waals surface area contributed by atoms with E-state index in [1.54, 1.807) is 31.2 Å². The molecule has 1 N–H and O–H groups in total. The highest BCUT2D eigenvalue weighted by Gasteiger charge is 2.11. The number of ether oxygens (including phenoxy) is 1. The fraction of sp³-hybridized carbons (Fsp3) is 0.231. The largest absolute Gasteiger partial charge is 0.450 e. The van der Waals surface area contributed by atoms with Crippen LogP contribution in [0.15, 0.2) is 35.3 Å². The molecule has 0 aliphatic carbocycles. The molecule has 0 radical (unpaired) electrons. The monoisotopic (exact) mass is 275 g/mol. The molecule has 0 aliphatic heterocycles. The Morgan fingerprint density at radius 1 is 1.35 bits per heavy atom. The molecule has 2 rings (SSSR count). The quantitative estimate of drug-likeness (QED) is 0.889. The Balaban J connectivity index is 2.22. The van der Waals surface area contributed by atoms with Crippen molar-refractivity contribution in [2.75, 3.05) is 6.61 Å². The lowest BCUT2D eigenvalue weighted by atomic mass is 10.2. The van der Waals surface area contributed by atoms with Gasteiger partial charge in [-0.05, 0) is 19.1 Å². The van der Waals surface area contributed by atoms with Gasteiger partial charge >= 0.3 is 6.09 Å². The Hall–Kier alpha value is -2.70. The van der Waals surface area contributed by atoms with E-state index in [-0.39, 0.29) is 18.6 Å². The molecule has 2 amide bonds. The molecular formula is C13H13N3O4. The molecule has 0 bridgehead atoms. The molecule has 0 spiro atoms. The van der Waals surface area contributed by atoms with Crippen molar-refractivity contribution in [2.45, 2.75) is 13.5 Å². The van der Waals surface area contributed by atoms with Gasteiger partial charge < -0.3 is 4.74 Å². The lowest BCUT2D eigenvalue weighted by Gasteiger charge is -2.08. The number of imide groups is 1. The zero-order valence-corrected chi connectivity index (χ0v) is 10.8. The highest BCUT2D eigenvalue weighted by molar-refractivity contribution is 5.92. The number of amides is 2. The van der Waals surface area contributed by atoms with E-state index in [1.165, 1.54) is 4.68 Å². The van der Waals surface area contributed by atoms with Gasteiger partial charge in [0.1, 0.15) is 6.54 Å². The standard InChI is InChI=1S/C13H13N3O4/c1-2-20-13(19)15-12(18)8-16-10-6-4-3-5-9(10)11(17)7-14-16/h3-7H,2,8H2,1H3,(H,15,18,19). The van der Waals surface area contributed by atoms with Crippen LogP contribution >= 0.6 is 0 Å². The summed E-state index contributed by atoms with van der Waals surface area (Å²) < 4.78 is 5.96. The summed E-state index contributed by atoms with van der Waals surface area (Å²) in [6.07, 6.45) is 0.336. The van der Waals surface area contributed by atoms with E-state index in [0.717, 1.165) is 6.20 Å². The molecule has 7 heteroatoms. The number of para-hydroxylation sites is 1. The van der Waals surface area contributed by atoms with Crippen molar-refractivity contribution in [1.82, 2.24) is 15.1 Å².